The summed E-state index contributed by atoms with van der Waals surface area (Å²) in [6.45, 7) is 4.77. The minimum Gasteiger partial charge on any atom is -0.338 e. The SMILES string of the molecule is CC(N)C1CCN(Cc2nc(-c3cccc(Cl)c3)no2)C1.Cl. The number of aromatic nitrogens is 2. The largest absolute Gasteiger partial charge is 0.338 e. The van der Waals surface area contributed by atoms with Gasteiger partial charge < -0.3 is 10.3 Å². The number of nitrogens with zero attached hydrogens (tertiary/aromatic N) is 3. The Labute approximate surface area is 141 Å². The molecule has 7 heteroatoms. The summed E-state index contributed by atoms with van der Waals surface area (Å²) in [6, 6.07) is 7.69. The number of likely N-dealkylation sites (tertiary alicyclic amines) is 1. The van der Waals surface area contributed by atoms with Crippen molar-refractivity contribution < 1.29 is 4.52 Å². The Kier molecular flexibility index (Phi) is 5.81. The van der Waals surface area contributed by atoms with E-state index in [1.165, 1.54) is 0 Å². The molecule has 1 fully saturated rings. The Morgan fingerprint density at radius 3 is 3.00 bits per heavy atom. The van der Waals surface area contributed by atoms with Gasteiger partial charge in [-0.15, -0.1) is 12.4 Å². The lowest BCUT2D eigenvalue weighted by molar-refractivity contribution is 0.257. The molecule has 2 aromatic rings. The van der Waals surface area contributed by atoms with Gasteiger partial charge in [-0.05, 0) is 37.9 Å². The first-order valence-electron chi connectivity index (χ1n) is 7.18. The maximum absolute atomic E-state index is 5.98. The Balaban J connectivity index is 0.00000176. The first kappa shape index (κ1) is 17.2. The second-order valence-electron chi connectivity index (χ2n) is 5.67. The number of hydrogen-bond acceptors (Lipinski definition) is 5. The van der Waals surface area contributed by atoms with E-state index in [-0.39, 0.29) is 18.4 Å². The third kappa shape index (κ3) is 3.98. The van der Waals surface area contributed by atoms with E-state index >= 15 is 0 Å². The topological polar surface area (TPSA) is 68.2 Å². The maximum atomic E-state index is 5.98. The van der Waals surface area contributed by atoms with Gasteiger partial charge in [-0.3, -0.25) is 4.90 Å². The van der Waals surface area contributed by atoms with Gasteiger partial charge in [0.2, 0.25) is 11.7 Å². The van der Waals surface area contributed by atoms with Gasteiger partial charge in [0.05, 0.1) is 6.54 Å². The molecular formula is C15H20Cl2N4O. The number of rotatable bonds is 4. The van der Waals surface area contributed by atoms with Crippen molar-refractivity contribution in [3.8, 4) is 11.4 Å². The normalized spacial score (nSPS) is 19.9. The maximum Gasteiger partial charge on any atom is 0.241 e. The summed E-state index contributed by atoms with van der Waals surface area (Å²) >= 11 is 5.98. The molecule has 1 aliphatic rings. The van der Waals surface area contributed by atoms with Crippen molar-refractivity contribution in [2.24, 2.45) is 11.7 Å². The van der Waals surface area contributed by atoms with Crippen molar-refractivity contribution in [3.05, 3.63) is 35.2 Å². The van der Waals surface area contributed by atoms with Gasteiger partial charge in [-0.1, -0.05) is 28.9 Å². The molecule has 22 heavy (non-hydrogen) atoms. The highest BCUT2D eigenvalue weighted by atomic mass is 35.5. The molecule has 2 unspecified atom stereocenters. The predicted molar refractivity (Wildman–Crippen MR) is 89.0 cm³/mol. The van der Waals surface area contributed by atoms with Gasteiger partial charge in [0.1, 0.15) is 0 Å². The molecule has 2 N–H and O–H groups in total. The Morgan fingerprint density at radius 1 is 1.50 bits per heavy atom. The van der Waals surface area contributed by atoms with Crippen molar-refractivity contribution >= 4 is 24.0 Å². The molecule has 1 saturated heterocycles. The number of nitrogens with two attached hydrogens (primary N) is 1. The molecule has 2 atom stereocenters. The van der Waals surface area contributed by atoms with E-state index in [1.807, 2.05) is 24.3 Å². The molecule has 1 aromatic heterocycles. The van der Waals surface area contributed by atoms with E-state index in [4.69, 9.17) is 21.9 Å². The predicted octanol–water partition coefficient (Wildman–Crippen LogP) is 2.98. The standard InChI is InChI=1S/C15H19ClN4O.ClH/c1-10(17)12-5-6-20(8-12)9-14-18-15(19-21-14)11-3-2-4-13(16)7-11;/h2-4,7,10,12H,5-6,8-9,17H2,1H3;1H. The van der Waals surface area contributed by atoms with Crippen LogP contribution < -0.4 is 5.73 Å². The van der Waals surface area contributed by atoms with Gasteiger partial charge >= 0.3 is 0 Å². The van der Waals surface area contributed by atoms with E-state index in [9.17, 15) is 0 Å². The zero-order valence-corrected chi connectivity index (χ0v) is 14.0. The average Bonchev–Trinajstić information content (AvgIpc) is 3.08. The summed E-state index contributed by atoms with van der Waals surface area (Å²) in [4.78, 5) is 6.75. The Hall–Kier alpha value is -1.14. The van der Waals surface area contributed by atoms with Crippen molar-refractivity contribution in [2.75, 3.05) is 13.1 Å². The van der Waals surface area contributed by atoms with Crippen molar-refractivity contribution in [3.63, 3.8) is 0 Å². The first-order chi connectivity index (χ1) is 10.1. The molecule has 0 bridgehead atoms. The molecule has 0 amide bonds. The zero-order chi connectivity index (χ0) is 14.8. The number of halogens is 2. The molecule has 5 nitrogen and oxygen atoms in total. The molecule has 2 heterocycles. The molecule has 1 aliphatic heterocycles. The van der Waals surface area contributed by atoms with Crippen LogP contribution in [-0.4, -0.2) is 34.2 Å². The van der Waals surface area contributed by atoms with Crippen LogP contribution in [0.5, 0.6) is 0 Å². The van der Waals surface area contributed by atoms with E-state index in [0.717, 1.165) is 25.1 Å². The fourth-order valence-electron chi connectivity index (χ4n) is 2.69. The van der Waals surface area contributed by atoms with Gasteiger partial charge in [0.15, 0.2) is 0 Å². The molecule has 0 saturated carbocycles. The highest BCUT2D eigenvalue weighted by Crippen LogP contribution is 2.22. The monoisotopic (exact) mass is 342 g/mol. The molecule has 0 aliphatic carbocycles. The van der Waals surface area contributed by atoms with Crippen LogP contribution in [0.1, 0.15) is 19.2 Å². The Morgan fingerprint density at radius 2 is 2.32 bits per heavy atom. The molecule has 0 radical (unpaired) electrons. The second-order valence-corrected chi connectivity index (χ2v) is 6.10. The molecule has 120 valence electrons. The van der Waals surface area contributed by atoms with Crippen LogP contribution in [-0.2, 0) is 6.54 Å². The highest BCUT2D eigenvalue weighted by Gasteiger charge is 2.26. The van der Waals surface area contributed by atoms with Crippen LogP contribution in [0.3, 0.4) is 0 Å². The smallest absolute Gasteiger partial charge is 0.241 e. The summed E-state index contributed by atoms with van der Waals surface area (Å²) in [7, 11) is 0. The summed E-state index contributed by atoms with van der Waals surface area (Å²) < 4.78 is 5.34. The average molecular weight is 343 g/mol. The van der Waals surface area contributed by atoms with E-state index < -0.39 is 0 Å². The summed E-state index contributed by atoms with van der Waals surface area (Å²) in [5, 5.41) is 4.69. The minimum atomic E-state index is 0. The minimum absolute atomic E-state index is 0. The van der Waals surface area contributed by atoms with Crippen molar-refractivity contribution in [1.82, 2.24) is 15.0 Å². The quantitative estimate of drug-likeness (QED) is 0.924. The van der Waals surface area contributed by atoms with E-state index in [1.54, 1.807) is 0 Å². The van der Waals surface area contributed by atoms with Crippen LogP contribution in [0.2, 0.25) is 5.02 Å². The second kappa shape index (κ2) is 7.42. The fraction of sp³-hybridized carbons (Fsp3) is 0.467. The van der Waals surface area contributed by atoms with Gasteiger partial charge in [0.25, 0.3) is 0 Å². The van der Waals surface area contributed by atoms with Crippen molar-refractivity contribution in [1.29, 1.82) is 0 Å². The van der Waals surface area contributed by atoms with Crippen molar-refractivity contribution in [2.45, 2.75) is 25.9 Å². The third-order valence-electron chi connectivity index (χ3n) is 3.96. The van der Waals surface area contributed by atoms with Gasteiger partial charge in [-0.2, -0.15) is 4.98 Å². The summed E-state index contributed by atoms with van der Waals surface area (Å²) in [5.74, 6) is 1.77. The van der Waals surface area contributed by atoms with E-state index in [0.29, 0.717) is 29.2 Å². The molecular weight excluding hydrogens is 323 g/mol. The zero-order valence-electron chi connectivity index (χ0n) is 12.4. The molecule has 1 aromatic carbocycles. The molecule has 3 rings (SSSR count). The lowest BCUT2D eigenvalue weighted by Crippen LogP contribution is -2.29. The third-order valence-corrected chi connectivity index (χ3v) is 4.20. The van der Waals surface area contributed by atoms with Crippen LogP contribution >= 0.6 is 24.0 Å². The van der Waals surface area contributed by atoms with Crippen LogP contribution in [0.15, 0.2) is 28.8 Å². The van der Waals surface area contributed by atoms with Crippen LogP contribution in [0.25, 0.3) is 11.4 Å². The number of hydrogen-bond donors (Lipinski definition) is 1. The van der Waals surface area contributed by atoms with E-state index in [2.05, 4.69) is 22.0 Å². The van der Waals surface area contributed by atoms with Crippen LogP contribution in [0, 0.1) is 5.92 Å². The lowest BCUT2D eigenvalue weighted by Gasteiger charge is -2.15. The lowest BCUT2D eigenvalue weighted by atomic mass is 10.0. The van der Waals surface area contributed by atoms with Crippen LogP contribution in [0.4, 0.5) is 0 Å². The molecule has 0 spiro atoms. The summed E-state index contributed by atoms with van der Waals surface area (Å²) in [5.41, 5.74) is 6.82. The summed E-state index contributed by atoms with van der Waals surface area (Å²) in [6.07, 6.45) is 1.13. The first-order valence-corrected chi connectivity index (χ1v) is 7.56. The highest BCUT2D eigenvalue weighted by molar-refractivity contribution is 6.30. The van der Waals surface area contributed by atoms with Gasteiger partial charge in [-0.25, -0.2) is 0 Å². The van der Waals surface area contributed by atoms with Gasteiger partial charge in [0, 0.05) is 23.2 Å². The Bertz CT molecular complexity index is 617. The fourth-order valence-corrected chi connectivity index (χ4v) is 2.88. The number of benzene rings is 1.